The van der Waals surface area contributed by atoms with Gasteiger partial charge in [-0.05, 0) is 38.1 Å². The first-order chi connectivity index (χ1) is 8.56. The number of piperidine rings is 1. The molecule has 0 aliphatic carbocycles. The summed E-state index contributed by atoms with van der Waals surface area (Å²) in [6, 6.07) is 3.70. The maximum Gasteiger partial charge on any atom is 0.340 e. The number of benzene rings is 1. The highest BCUT2D eigenvalue weighted by Crippen LogP contribution is 2.18. The van der Waals surface area contributed by atoms with E-state index in [1.807, 2.05) is 7.05 Å². The van der Waals surface area contributed by atoms with Crippen LogP contribution in [0.15, 0.2) is 18.2 Å². The number of ether oxygens (including phenoxy) is 1. The fourth-order valence-corrected chi connectivity index (χ4v) is 2.04. The number of likely N-dealkylation sites (tertiary alicyclic amines) is 1. The third-order valence-corrected chi connectivity index (χ3v) is 3.17. The molecule has 4 nitrogen and oxygen atoms in total. The average Bonchev–Trinajstić information content (AvgIpc) is 2.32. The molecule has 5 heteroatoms. The minimum atomic E-state index is -0.470. The van der Waals surface area contributed by atoms with Crippen molar-refractivity contribution in [2.45, 2.75) is 18.9 Å². The molecule has 0 spiro atoms. The van der Waals surface area contributed by atoms with E-state index in [2.05, 4.69) is 4.90 Å². The van der Waals surface area contributed by atoms with E-state index >= 15 is 0 Å². The predicted octanol–water partition coefficient (Wildman–Crippen LogP) is 1.66. The summed E-state index contributed by atoms with van der Waals surface area (Å²) >= 11 is 0. The summed E-state index contributed by atoms with van der Waals surface area (Å²) in [6.07, 6.45) is 1.57. The molecule has 0 radical (unpaired) electrons. The summed E-state index contributed by atoms with van der Waals surface area (Å²) in [7, 11) is 2.04. The molecule has 1 heterocycles. The molecule has 18 heavy (non-hydrogen) atoms. The number of nitrogens with two attached hydrogens (primary N) is 1. The van der Waals surface area contributed by atoms with Gasteiger partial charge in [0.05, 0.1) is 5.56 Å². The summed E-state index contributed by atoms with van der Waals surface area (Å²) in [5, 5.41) is 0. The Labute approximate surface area is 106 Å². The number of anilines is 1. The smallest absolute Gasteiger partial charge is 0.340 e. The topological polar surface area (TPSA) is 55.6 Å². The first-order valence-electron chi connectivity index (χ1n) is 6.01. The van der Waals surface area contributed by atoms with Crippen molar-refractivity contribution in [3.63, 3.8) is 0 Å². The van der Waals surface area contributed by atoms with Gasteiger partial charge in [-0.1, -0.05) is 0 Å². The molecule has 0 aromatic heterocycles. The Morgan fingerprint density at radius 1 is 1.44 bits per heavy atom. The van der Waals surface area contributed by atoms with Crippen LogP contribution in [-0.2, 0) is 4.74 Å². The number of carbonyl (C=O) groups is 1. The van der Waals surface area contributed by atoms with Crippen LogP contribution in [0.25, 0.3) is 0 Å². The number of halogens is 1. The number of carbonyl (C=O) groups excluding carboxylic acids is 1. The van der Waals surface area contributed by atoms with Crippen molar-refractivity contribution in [3.8, 4) is 0 Å². The molecule has 0 bridgehead atoms. The van der Waals surface area contributed by atoms with Crippen molar-refractivity contribution in [1.29, 1.82) is 0 Å². The first kappa shape index (κ1) is 12.8. The van der Waals surface area contributed by atoms with Crippen molar-refractivity contribution >= 4 is 11.7 Å². The van der Waals surface area contributed by atoms with Crippen LogP contribution in [0.4, 0.5) is 10.1 Å². The quantitative estimate of drug-likeness (QED) is 0.642. The van der Waals surface area contributed by atoms with E-state index in [0.29, 0.717) is 0 Å². The van der Waals surface area contributed by atoms with Crippen LogP contribution in [0, 0.1) is 5.82 Å². The van der Waals surface area contributed by atoms with Crippen molar-refractivity contribution in [2.24, 2.45) is 0 Å². The summed E-state index contributed by atoms with van der Waals surface area (Å²) in [5.74, 6) is -0.926. The molecule has 98 valence electrons. The van der Waals surface area contributed by atoms with Gasteiger partial charge in [0.15, 0.2) is 0 Å². The zero-order valence-electron chi connectivity index (χ0n) is 10.4. The van der Waals surface area contributed by atoms with Gasteiger partial charge >= 0.3 is 5.97 Å². The second-order valence-electron chi connectivity index (χ2n) is 4.64. The SMILES string of the molecule is CN1CCC(OC(=O)c2ccc(F)cc2N)CC1. The lowest BCUT2D eigenvalue weighted by atomic mass is 10.1. The van der Waals surface area contributed by atoms with Crippen LogP contribution >= 0.6 is 0 Å². The van der Waals surface area contributed by atoms with Crippen molar-refractivity contribution < 1.29 is 13.9 Å². The van der Waals surface area contributed by atoms with E-state index in [1.54, 1.807) is 0 Å². The Kier molecular flexibility index (Phi) is 3.81. The zero-order chi connectivity index (χ0) is 13.1. The standard InChI is InChI=1S/C13H17FN2O2/c1-16-6-4-10(5-7-16)18-13(17)11-3-2-9(14)8-12(11)15/h2-3,8,10H,4-7,15H2,1H3. The zero-order valence-corrected chi connectivity index (χ0v) is 10.4. The third kappa shape index (κ3) is 2.98. The second kappa shape index (κ2) is 5.35. The Bertz CT molecular complexity index is 443. The maximum atomic E-state index is 12.9. The number of nitrogens with zero attached hydrogens (tertiary/aromatic N) is 1. The Morgan fingerprint density at radius 2 is 2.11 bits per heavy atom. The lowest BCUT2D eigenvalue weighted by molar-refractivity contribution is 0.0140. The normalized spacial score (nSPS) is 17.7. The minimum absolute atomic E-state index is 0.0712. The number of nitrogen functional groups attached to an aromatic ring is 1. The van der Waals surface area contributed by atoms with Crippen molar-refractivity contribution in [2.75, 3.05) is 25.9 Å². The highest BCUT2D eigenvalue weighted by atomic mass is 19.1. The number of hydrogen-bond donors (Lipinski definition) is 1. The summed E-state index contributed by atoms with van der Waals surface area (Å²) in [5.41, 5.74) is 5.95. The van der Waals surface area contributed by atoms with Gasteiger partial charge in [-0.2, -0.15) is 0 Å². The lowest BCUT2D eigenvalue weighted by Gasteiger charge is -2.28. The van der Waals surface area contributed by atoms with Crippen LogP contribution in [0.5, 0.6) is 0 Å². The largest absolute Gasteiger partial charge is 0.459 e. The molecule has 0 amide bonds. The van der Waals surface area contributed by atoms with E-state index in [4.69, 9.17) is 10.5 Å². The van der Waals surface area contributed by atoms with Gasteiger partial charge in [-0.25, -0.2) is 9.18 Å². The first-order valence-corrected chi connectivity index (χ1v) is 6.01. The van der Waals surface area contributed by atoms with E-state index < -0.39 is 11.8 Å². The predicted molar refractivity (Wildman–Crippen MR) is 66.7 cm³/mol. The molecule has 0 saturated carbocycles. The van der Waals surface area contributed by atoms with Gasteiger partial charge < -0.3 is 15.4 Å². The summed E-state index contributed by atoms with van der Waals surface area (Å²) in [4.78, 5) is 14.1. The van der Waals surface area contributed by atoms with Gasteiger partial charge in [0, 0.05) is 18.8 Å². The van der Waals surface area contributed by atoms with Gasteiger partial charge in [-0.15, -0.1) is 0 Å². The lowest BCUT2D eigenvalue weighted by Crippen LogP contribution is -2.35. The highest BCUT2D eigenvalue weighted by molar-refractivity contribution is 5.95. The third-order valence-electron chi connectivity index (χ3n) is 3.17. The molecule has 1 saturated heterocycles. The Hall–Kier alpha value is -1.62. The number of rotatable bonds is 2. The van der Waals surface area contributed by atoms with E-state index in [-0.39, 0.29) is 17.4 Å². The van der Waals surface area contributed by atoms with Crippen LogP contribution in [-0.4, -0.2) is 37.1 Å². The summed E-state index contributed by atoms with van der Waals surface area (Å²) < 4.78 is 18.3. The fourth-order valence-electron chi connectivity index (χ4n) is 2.04. The molecule has 0 unspecified atom stereocenters. The van der Waals surface area contributed by atoms with Gasteiger partial charge in [0.1, 0.15) is 11.9 Å². The van der Waals surface area contributed by atoms with Crippen molar-refractivity contribution in [3.05, 3.63) is 29.6 Å². The molecule has 0 atom stereocenters. The summed E-state index contributed by atoms with van der Waals surface area (Å²) in [6.45, 7) is 1.83. The van der Waals surface area contributed by atoms with Crippen LogP contribution in [0.2, 0.25) is 0 Å². The molecule has 1 aromatic carbocycles. The van der Waals surface area contributed by atoms with Gasteiger partial charge in [0.2, 0.25) is 0 Å². The van der Waals surface area contributed by atoms with Crippen LogP contribution < -0.4 is 5.73 Å². The molecule has 1 aliphatic rings. The maximum absolute atomic E-state index is 12.9. The molecule has 2 rings (SSSR count). The van der Waals surface area contributed by atoms with Crippen LogP contribution in [0.1, 0.15) is 23.2 Å². The van der Waals surface area contributed by atoms with Gasteiger partial charge in [0.25, 0.3) is 0 Å². The minimum Gasteiger partial charge on any atom is -0.459 e. The molecule has 1 fully saturated rings. The molecular formula is C13H17FN2O2. The molecule has 1 aliphatic heterocycles. The van der Waals surface area contributed by atoms with Crippen molar-refractivity contribution in [1.82, 2.24) is 4.90 Å². The highest BCUT2D eigenvalue weighted by Gasteiger charge is 2.22. The Morgan fingerprint density at radius 3 is 2.72 bits per heavy atom. The average molecular weight is 252 g/mol. The number of hydrogen-bond acceptors (Lipinski definition) is 4. The van der Waals surface area contributed by atoms with Crippen LogP contribution in [0.3, 0.4) is 0 Å². The fraction of sp³-hybridized carbons (Fsp3) is 0.462. The monoisotopic (exact) mass is 252 g/mol. The number of esters is 1. The molecule has 1 aromatic rings. The van der Waals surface area contributed by atoms with E-state index in [9.17, 15) is 9.18 Å². The van der Waals surface area contributed by atoms with E-state index in [0.717, 1.165) is 32.0 Å². The molecule has 2 N–H and O–H groups in total. The molecular weight excluding hydrogens is 235 g/mol. The Balaban J connectivity index is 1.99. The van der Waals surface area contributed by atoms with E-state index in [1.165, 1.54) is 12.1 Å². The second-order valence-corrected chi connectivity index (χ2v) is 4.64. The van der Waals surface area contributed by atoms with Gasteiger partial charge in [-0.3, -0.25) is 0 Å².